The van der Waals surface area contributed by atoms with Crippen molar-refractivity contribution in [2.24, 2.45) is 0 Å². The van der Waals surface area contributed by atoms with Gasteiger partial charge in [0.05, 0.1) is 17.5 Å². The van der Waals surface area contributed by atoms with E-state index in [4.69, 9.17) is 0 Å². The van der Waals surface area contributed by atoms with Gasteiger partial charge in [-0.1, -0.05) is 6.92 Å². The highest BCUT2D eigenvalue weighted by Crippen LogP contribution is 2.40. The summed E-state index contributed by atoms with van der Waals surface area (Å²) in [5.41, 5.74) is -1.20. The van der Waals surface area contributed by atoms with Crippen molar-refractivity contribution in [3.63, 3.8) is 0 Å². The summed E-state index contributed by atoms with van der Waals surface area (Å²) in [6, 6.07) is 0.651. The summed E-state index contributed by atoms with van der Waals surface area (Å²) in [5, 5.41) is 18.6. The molecule has 0 radical (unpaired) electrons. The smallest absolute Gasteiger partial charge is 0.341 e. The van der Waals surface area contributed by atoms with Crippen LogP contribution in [-0.2, 0) is 13.0 Å². The third kappa shape index (κ3) is 2.23. The summed E-state index contributed by atoms with van der Waals surface area (Å²) in [4.78, 5) is 24.0. The Balaban J connectivity index is 2.61. The first kappa shape index (κ1) is 15.6. The second-order valence-electron chi connectivity index (χ2n) is 5.62. The topological polar surface area (TPSA) is 79.5 Å². The number of aliphatic hydroxyl groups is 1. The molecule has 23 heavy (non-hydrogen) atoms. The number of aromatic carboxylic acids is 1. The molecule has 0 bridgehead atoms. The monoisotopic (exact) mass is 323 g/mol. The first-order chi connectivity index (χ1) is 10.9. The number of nitrogens with zero attached hydrogens (tertiary/aromatic N) is 1. The lowest BCUT2D eigenvalue weighted by Crippen LogP contribution is -2.25. The molecule has 0 spiro atoms. The number of aromatic nitrogens is 1. The number of benzene rings is 1. The normalized spacial score (nSPS) is 14.4. The minimum atomic E-state index is -1.39. The lowest BCUT2D eigenvalue weighted by atomic mass is 10.0. The number of aliphatic hydroxyl groups excluding tert-OH is 1. The van der Waals surface area contributed by atoms with E-state index in [1.54, 1.807) is 11.5 Å². The fraction of sp³-hybridized carbons (Fsp3) is 0.375. The van der Waals surface area contributed by atoms with Crippen LogP contribution in [0.4, 0.5) is 8.78 Å². The molecule has 0 unspecified atom stereocenters. The maximum Gasteiger partial charge on any atom is 0.341 e. The van der Waals surface area contributed by atoms with Crippen LogP contribution in [0.2, 0.25) is 0 Å². The average Bonchev–Trinajstić information content (AvgIpc) is 3.33. The second kappa shape index (κ2) is 5.42. The number of halogens is 2. The number of hydrogen-bond acceptors (Lipinski definition) is 3. The molecule has 0 atom stereocenters. The van der Waals surface area contributed by atoms with E-state index in [9.17, 15) is 28.6 Å². The van der Waals surface area contributed by atoms with Crippen molar-refractivity contribution in [2.45, 2.75) is 38.8 Å². The second-order valence-corrected chi connectivity index (χ2v) is 5.62. The van der Waals surface area contributed by atoms with Crippen LogP contribution in [0.5, 0.6) is 0 Å². The van der Waals surface area contributed by atoms with E-state index < -0.39 is 35.2 Å². The summed E-state index contributed by atoms with van der Waals surface area (Å²) in [6.07, 6.45) is 1.77. The standard InChI is InChI=1S/C16H15F2NO4/c1-2-11-12(16(22)23)15(21)8-5-10(17)13(18)9(6-20)14(8)19(11)7-3-4-7/h5,7,20H,2-4,6H2,1H3,(H,22,23). The van der Waals surface area contributed by atoms with Gasteiger partial charge in [-0.05, 0) is 25.3 Å². The first-order valence-corrected chi connectivity index (χ1v) is 7.34. The van der Waals surface area contributed by atoms with Gasteiger partial charge in [0.15, 0.2) is 11.6 Å². The van der Waals surface area contributed by atoms with Crippen LogP contribution >= 0.6 is 0 Å². The lowest BCUT2D eigenvalue weighted by Gasteiger charge is -2.20. The van der Waals surface area contributed by atoms with Crippen molar-refractivity contribution in [3.8, 4) is 0 Å². The van der Waals surface area contributed by atoms with E-state index in [0.29, 0.717) is 0 Å². The van der Waals surface area contributed by atoms with Gasteiger partial charge in [0, 0.05) is 17.3 Å². The highest BCUT2D eigenvalue weighted by molar-refractivity contribution is 5.95. The molecule has 1 aromatic heterocycles. The molecule has 7 heteroatoms. The number of carboxylic acid groups (broad SMARTS) is 1. The molecule has 2 aromatic rings. The maximum absolute atomic E-state index is 14.1. The van der Waals surface area contributed by atoms with E-state index in [1.807, 2.05) is 0 Å². The Kier molecular flexibility index (Phi) is 3.68. The SMILES string of the molecule is CCc1c(C(=O)O)c(=O)c2cc(F)c(F)c(CO)c2n1C1CC1. The van der Waals surface area contributed by atoms with Crippen LogP contribution in [0.1, 0.15) is 47.4 Å². The fourth-order valence-corrected chi connectivity index (χ4v) is 3.09. The van der Waals surface area contributed by atoms with Gasteiger partial charge in [0.2, 0.25) is 5.43 Å². The number of carboxylic acids is 1. The zero-order valence-electron chi connectivity index (χ0n) is 12.4. The van der Waals surface area contributed by atoms with E-state index in [0.717, 1.165) is 18.9 Å². The highest BCUT2D eigenvalue weighted by atomic mass is 19.2. The summed E-state index contributed by atoms with van der Waals surface area (Å²) in [5.74, 6) is -3.88. The Morgan fingerprint density at radius 2 is 2.04 bits per heavy atom. The van der Waals surface area contributed by atoms with Gasteiger partial charge in [-0.2, -0.15) is 0 Å². The van der Waals surface area contributed by atoms with Gasteiger partial charge >= 0.3 is 5.97 Å². The van der Waals surface area contributed by atoms with Gasteiger partial charge in [-0.3, -0.25) is 4.79 Å². The first-order valence-electron chi connectivity index (χ1n) is 7.34. The van der Waals surface area contributed by atoms with Gasteiger partial charge in [0.1, 0.15) is 5.56 Å². The van der Waals surface area contributed by atoms with Crippen molar-refractivity contribution in [3.05, 3.63) is 44.7 Å². The third-order valence-electron chi connectivity index (χ3n) is 4.20. The summed E-state index contributed by atoms with van der Waals surface area (Å²) < 4.78 is 29.4. The third-order valence-corrected chi connectivity index (χ3v) is 4.20. The molecule has 0 saturated heterocycles. The van der Waals surface area contributed by atoms with Gasteiger partial charge in [-0.15, -0.1) is 0 Å². The molecule has 0 amide bonds. The van der Waals surface area contributed by atoms with Crippen LogP contribution in [0.3, 0.4) is 0 Å². The molecule has 1 aromatic carbocycles. The molecule has 3 rings (SSSR count). The molecule has 122 valence electrons. The minimum absolute atomic E-state index is 0.0682. The minimum Gasteiger partial charge on any atom is -0.477 e. The summed E-state index contributed by atoms with van der Waals surface area (Å²) in [6.45, 7) is 0.923. The fourth-order valence-electron chi connectivity index (χ4n) is 3.09. The van der Waals surface area contributed by atoms with Crippen LogP contribution in [-0.4, -0.2) is 20.7 Å². The van der Waals surface area contributed by atoms with Crippen molar-refractivity contribution in [1.29, 1.82) is 0 Å². The van der Waals surface area contributed by atoms with E-state index in [2.05, 4.69) is 0 Å². The van der Waals surface area contributed by atoms with Gasteiger partial charge in [-0.25, -0.2) is 13.6 Å². The number of hydrogen-bond donors (Lipinski definition) is 2. The maximum atomic E-state index is 14.1. The summed E-state index contributed by atoms with van der Waals surface area (Å²) in [7, 11) is 0. The Morgan fingerprint density at radius 3 is 2.52 bits per heavy atom. The lowest BCUT2D eigenvalue weighted by molar-refractivity contribution is 0.0693. The Bertz CT molecular complexity index is 884. The van der Waals surface area contributed by atoms with Crippen LogP contribution < -0.4 is 5.43 Å². The van der Waals surface area contributed by atoms with Gasteiger partial charge < -0.3 is 14.8 Å². The van der Waals surface area contributed by atoms with Crippen LogP contribution in [0.15, 0.2) is 10.9 Å². The van der Waals surface area contributed by atoms with Gasteiger partial charge in [0.25, 0.3) is 0 Å². The molecule has 1 aliphatic rings. The highest BCUT2D eigenvalue weighted by Gasteiger charge is 2.32. The van der Waals surface area contributed by atoms with Crippen molar-refractivity contribution >= 4 is 16.9 Å². The molecular formula is C16H15F2NO4. The molecule has 1 fully saturated rings. The van der Waals surface area contributed by atoms with Crippen molar-refractivity contribution in [1.82, 2.24) is 4.57 Å². The quantitative estimate of drug-likeness (QED) is 0.905. The zero-order valence-corrected chi connectivity index (χ0v) is 12.4. The molecule has 1 heterocycles. The number of fused-ring (bicyclic) bond motifs is 1. The predicted octanol–water partition coefficient (Wildman–Crippen LogP) is 2.37. The number of carbonyl (C=O) groups is 1. The summed E-state index contributed by atoms with van der Waals surface area (Å²) >= 11 is 0. The average molecular weight is 323 g/mol. The Morgan fingerprint density at radius 1 is 1.39 bits per heavy atom. The van der Waals surface area contributed by atoms with E-state index in [-0.39, 0.29) is 34.6 Å². The van der Waals surface area contributed by atoms with E-state index in [1.165, 1.54) is 0 Å². The van der Waals surface area contributed by atoms with Crippen molar-refractivity contribution < 1.29 is 23.8 Å². The van der Waals surface area contributed by atoms with Crippen molar-refractivity contribution in [2.75, 3.05) is 0 Å². The Hall–Kier alpha value is -2.28. The largest absolute Gasteiger partial charge is 0.477 e. The predicted molar refractivity (Wildman–Crippen MR) is 78.7 cm³/mol. The number of rotatable bonds is 4. The molecule has 1 aliphatic carbocycles. The molecule has 1 saturated carbocycles. The Labute approximate surface area is 129 Å². The van der Waals surface area contributed by atoms with E-state index >= 15 is 0 Å². The number of pyridine rings is 1. The molecular weight excluding hydrogens is 308 g/mol. The zero-order chi connectivity index (χ0) is 16.9. The van der Waals surface area contributed by atoms with Crippen LogP contribution in [0.25, 0.3) is 10.9 Å². The molecule has 5 nitrogen and oxygen atoms in total. The van der Waals surface area contributed by atoms with Crippen LogP contribution in [0, 0.1) is 11.6 Å². The molecule has 0 aliphatic heterocycles. The molecule has 2 N–H and O–H groups in total.